The minimum Gasteiger partial charge on any atom is -0.491 e. The third kappa shape index (κ3) is 7.64. The molecule has 0 aromatic heterocycles. The molecule has 0 bridgehead atoms. The number of aryl methyl sites for hydroxylation is 5. The van der Waals surface area contributed by atoms with Crippen LogP contribution in [0.5, 0.6) is 11.5 Å². The highest BCUT2D eigenvalue weighted by atomic mass is 16.6. The van der Waals surface area contributed by atoms with E-state index in [1.807, 2.05) is 0 Å². The van der Waals surface area contributed by atoms with E-state index < -0.39 is 0 Å². The van der Waals surface area contributed by atoms with Crippen LogP contribution >= 0.6 is 0 Å². The van der Waals surface area contributed by atoms with Crippen LogP contribution in [0.1, 0.15) is 50.4 Å². The number of hydrogen-bond donors (Lipinski definition) is 0. The average Bonchev–Trinajstić information content (AvgIpc) is 3.84. The lowest BCUT2D eigenvalue weighted by Crippen LogP contribution is -2.12. The van der Waals surface area contributed by atoms with E-state index in [9.17, 15) is 0 Å². The standard InChI is InChI=1S/C34H42O6/c1-22-6-8-27(9-7-22)32(28-14-23(2)33(24(3)15-28)37-12-10-35-18-30-20-39-30)29-16-25(4)34(26(5)17-29)38-13-11-36-19-31-21-40-31/h6-9,14-17,30-32H,10-13,18-21H2,1-5H3. The van der Waals surface area contributed by atoms with E-state index in [1.165, 1.54) is 22.3 Å². The van der Waals surface area contributed by atoms with E-state index in [0.29, 0.717) is 39.6 Å². The Morgan fingerprint density at radius 1 is 0.600 bits per heavy atom. The molecular formula is C34H42O6. The van der Waals surface area contributed by atoms with Crippen LogP contribution in [0.3, 0.4) is 0 Å². The highest BCUT2D eigenvalue weighted by Gasteiger charge is 2.24. The van der Waals surface area contributed by atoms with Gasteiger partial charge in [0.2, 0.25) is 0 Å². The number of epoxide rings is 2. The van der Waals surface area contributed by atoms with Crippen LogP contribution in [0.25, 0.3) is 0 Å². The topological polar surface area (TPSA) is 62.0 Å². The van der Waals surface area contributed by atoms with Gasteiger partial charge in [-0.25, -0.2) is 0 Å². The van der Waals surface area contributed by atoms with Gasteiger partial charge in [-0.05, 0) is 73.6 Å². The molecular weight excluding hydrogens is 504 g/mol. The van der Waals surface area contributed by atoms with Crippen LogP contribution in [0, 0.1) is 34.6 Å². The summed E-state index contributed by atoms with van der Waals surface area (Å²) in [6.45, 7) is 15.7. The summed E-state index contributed by atoms with van der Waals surface area (Å²) < 4.78 is 34.0. The molecule has 2 unspecified atom stereocenters. The predicted molar refractivity (Wildman–Crippen MR) is 156 cm³/mol. The molecule has 3 aromatic rings. The summed E-state index contributed by atoms with van der Waals surface area (Å²) in [4.78, 5) is 0. The Kier molecular flexibility index (Phi) is 9.43. The van der Waals surface area contributed by atoms with Gasteiger partial charge < -0.3 is 28.4 Å². The normalized spacial score (nSPS) is 18.4. The molecule has 214 valence electrons. The third-order valence-electron chi connectivity index (χ3n) is 7.40. The van der Waals surface area contributed by atoms with E-state index >= 15 is 0 Å². The van der Waals surface area contributed by atoms with Crippen LogP contribution < -0.4 is 9.47 Å². The Hall–Kier alpha value is -2.90. The molecule has 2 heterocycles. The van der Waals surface area contributed by atoms with Crippen molar-refractivity contribution in [3.05, 3.63) is 93.0 Å². The number of benzene rings is 3. The molecule has 0 spiro atoms. The van der Waals surface area contributed by atoms with Gasteiger partial charge in [0.25, 0.3) is 0 Å². The van der Waals surface area contributed by atoms with Crippen molar-refractivity contribution in [2.45, 2.75) is 52.7 Å². The van der Waals surface area contributed by atoms with E-state index in [2.05, 4.69) is 83.1 Å². The fraction of sp³-hybridized carbons (Fsp3) is 0.471. The van der Waals surface area contributed by atoms with Crippen LogP contribution in [-0.4, -0.2) is 65.1 Å². The maximum atomic E-state index is 6.16. The zero-order chi connectivity index (χ0) is 28.1. The minimum absolute atomic E-state index is 0.0854. The van der Waals surface area contributed by atoms with E-state index in [4.69, 9.17) is 28.4 Å². The Morgan fingerprint density at radius 3 is 1.38 bits per heavy atom. The second-order valence-corrected chi connectivity index (χ2v) is 11.1. The van der Waals surface area contributed by atoms with Gasteiger partial charge in [0.05, 0.1) is 39.6 Å². The first-order valence-corrected chi connectivity index (χ1v) is 14.3. The van der Waals surface area contributed by atoms with Crippen molar-refractivity contribution in [2.24, 2.45) is 0 Å². The molecule has 0 amide bonds. The largest absolute Gasteiger partial charge is 0.491 e. The van der Waals surface area contributed by atoms with E-state index in [0.717, 1.165) is 47.0 Å². The average molecular weight is 547 g/mol. The predicted octanol–water partition coefficient (Wildman–Crippen LogP) is 6.00. The van der Waals surface area contributed by atoms with Gasteiger partial charge in [0.15, 0.2) is 0 Å². The smallest absolute Gasteiger partial charge is 0.125 e. The van der Waals surface area contributed by atoms with Crippen molar-refractivity contribution in [3.63, 3.8) is 0 Å². The number of rotatable bonds is 15. The fourth-order valence-electron chi connectivity index (χ4n) is 5.26. The lowest BCUT2D eigenvalue weighted by atomic mass is 9.82. The Bertz CT molecular complexity index is 1150. The van der Waals surface area contributed by atoms with Gasteiger partial charge >= 0.3 is 0 Å². The molecule has 2 atom stereocenters. The SMILES string of the molecule is Cc1ccc(C(c2cc(C)c(OCCOCC3CO3)c(C)c2)c2cc(C)c(OCCOCC3CO3)c(C)c2)cc1. The van der Waals surface area contributed by atoms with Gasteiger partial charge in [0.1, 0.15) is 36.9 Å². The maximum absolute atomic E-state index is 6.16. The first kappa shape index (κ1) is 28.6. The van der Waals surface area contributed by atoms with Crippen molar-refractivity contribution >= 4 is 0 Å². The van der Waals surface area contributed by atoms with Gasteiger partial charge in [-0.15, -0.1) is 0 Å². The van der Waals surface area contributed by atoms with E-state index in [1.54, 1.807) is 0 Å². The quantitative estimate of drug-likeness (QED) is 0.132. The zero-order valence-corrected chi connectivity index (χ0v) is 24.5. The monoisotopic (exact) mass is 546 g/mol. The minimum atomic E-state index is 0.0854. The summed E-state index contributed by atoms with van der Waals surface area (Å²) in [6, 6.07) is 17.9. The summed E-state index contributed by atoms with van der Waals surface area (Å²) in [5.41, 5.74) is 9.51. The zero-order valence-electron chi connectivity index (χ0n) is 24.5. The molecule has 2 saturated heterocycles. The number of hydrogen-bond acceptors (Lipinski definition) is 6. The molecule has 0 saturated carbocycles. The molecule has 2 aliphatic rings. The molecule has 5 rings (SSSR count). The molecule has 3 aromatic carbocycles. The summed E-state index contributed by atoms with van der Waals surface area (Å²) in [5, 5.41) is 0. The second-order valence-electron chi connectivity index (χ2n) is 11.1. The van der Waals surface area contributed by atoms with Crippen LogP contribution in [0.4, 0.5) is 0 Å². The summed E-state index contributed by atoms with van der Waals surface area (Å²) in [5.74, 6) is 1.95. The highest BCUT2D eigenvalue weighted by molar-refractivity contribution is 5.53. The lowest BCUT2D eigenvalue weighted by Gasteiger charge is -2.24. The van der Waals surface area contributed by atoms with Gasteiger partial charge in [-0.3, -0.25) is 0 Å². The lowest BCUT2D eigenvalue weighted by molar-refractivity contribution is 0.0874. The van der Waals surface area contributed by atoms with Crippen LogP contribution in [-0.2, 0) is 18.9 Å². The molecule has 6 heteroatoms. The Balaban J connectivity index is 1.35. The molecule has 2 aliphatic heterocycles. The first-order chi connectivity index (χ1) is 19.4. The van der Waals surface area contributed by atoms with Crippen molar-refractivity contribution in [2.75, 3.05) is 52.9 Å². The van der Waals surface area contributed by atoms with Gasteiger partial charge in [-0.1, -0.05) is 54.1 Å². The van der Waals surface area contributed by atoms with E-state index in [-0.39, 0.29) is 18.1 Å². The summed E-state index contributed by atoms with van der Waals surface area (Å²) >= 11 is 0. The Morgan fingerprint density at radius 2 is 1.00 bits per heavy atom. The van der Waals surface area contributed by atoms with Gasteiger partial charge in [-0.2, -0.15) is 0 Å². The van der Waals surface area contributed by atoms with Crippen molar-refractivity contribution in [1.82, 2.24) is 0 Å². The highest BCUT2D eigenvalue weighted by Crippen LogP contribution is 2.38. The summed E-state index contributed by atoms with van der Waals surface area (Å²) in [7, 11) is 0. The first-order valence-electron chi connectivity index (χ1n) is 14.3. The van der Waals surface area contributed by atoms with Gasteiger partial charge in [0, 0.05) is 5.92 Å². The molecule has 6 nitrogen and oxygen atoms in total. The second kappa shape index (κ2) is 13.2. The van der Waals surface area contributed by atoms with Crippen LogP contribution in [0.2, 0.25) is 0 Å². The molecule has 0 N–H and O–H groups in total. The number of ether oxygens (including phenoxy) is 6. The summed E-state index contributed by atoms with van der Waals surface area (Å²) in [6.07, 6.45) is 0.548. The molecule has 0 radical (unpaired) electrons. The third-order valence-corrected chi connectivity index (χ3v) is 7.40. The van der Waals surface area contributed by atoms with Crippen LogP contribution in [0.15, 0.2) is 48.5 Å². The Labute approximate surface area is 238 Å². The fourth-order valence-corrected chi connectivity index (χ4v) is 5.26. The molecule has 0 aliphatic carbocycles. The van der Waals surface area contributed by atoms with Crippen molar-refractivity contribution in [1.29, 1.82) is 0 Å². The van der Waals surface area contributed by atoms with Crippen molar-refractivity contribution in [3.8, 4) is 11.5 Å². The maximum Gasteiger partial charge on any atom is 0.125 e. The molecule has 40 heavy (non-hydrogen) atoms. The molecule has 2 fully saturated rings. The van der Waals surface area contributed by atoms with Crippen molar-refractivity contribution < 1.29 is 28.4 Å².